The van der Waals surface area contributed by atoms with Gasteiger partial charge in [-0.15, -0.1) is 0 Å². The minimum atomic E-state index is -3.35. The summed E-state index contributed by atoms with van der Waals surface area (Å²) in [6, 6.07) is 13.9. The Kier molecular flexibility index (Phi) is 5.00. The summed E-state index contributed by atoms with van der Waals surface area (Å²) in [5.74, 6) is 1.63. The number of aromatic nitrogens is 2. The number of hydrogen-bond donors (Lipinski definition) is 1. The quantitative estimate of drug-likeness (QED) is 0.696. The third kappa shape index (κ3) is 4.15. The predicted molar refractivity (Wildman–Crippen MR) is 98.6 cm³/mol. The lowest BCUT2D eigenvalue weighted by atomic mass is 10.3. The first-order valence-electron chi connectivity index (χ1n) is 7.65. The first-order valence-corrected chi connectivity index (χ1v) is 10.1. The Morgan fingerprint density at radius 2 is 1.84 bits per heavy atom. The average Bonchev–Trinajstić information content (AvgIpc) is 3.02. The van der Waals surface area contributed by atoms with E-state index in [0.717, 1.165) is 11.5 Å². The van der Waals surface area contributed by atoms with Crippen LogP contribution in [0.25, 0.3) is 0 Å². The molecule has 1 N–H and O–H groups in total. The van der Waals surface area contributed by atoms with Crippen LogP contribution in [0, 0.1) is 6.92 Å². The maximum absolute atomic E-state index is 12.2. The van der Waals surface area contributed by atoms with Crippen molar-refractivity contribution in [1.29, 1.82) is 0 Å². The molecule has 130 valence electrons. The lowest BCUT2D eigenvalue weighted by Crippen LogP contribution is -2.05. The molecule has 0 unspecified atom stereocenters. The van der Waals surface area contributed by atoms with Gasteiger partial charge in [0.15, 0.2) is 9.84 Å². The molecule has 0 radical (unpaired) electrons. The maximum atomic E-state index is 12.2. The van der Waals surface area contributed by atoms with Gasteiger partial charge in [-0.25, -0.2) is 13.4 Å². The molecular formula is C17H17N3O3S2. The van der Waals surface area contributed by atoms with Crippen LogP contribution in [-0.4, -0.2) is 23.5 Å². The van der Waals surface area contributed by atoms with E-state index in [1.165, 1.54) is 11.5 Å². The fourth-order valence-corrected chi connectivity index (χ4v) is 3.76. The molecule has 3 aromatic rings. The standard InChI is InChI=1S/C17H17N3O3S2/c1-3-25(21,22)16-7-5-4-6-15(16)23-14-10-8-13(9-11-14)19-17-18-12(2)20-24-17/h4-11H,3H2,1-2H3,(H,18,19,20). The predicted octanol–water partition coefficient (Wildman–Crippen LogP) is 4.18. The van der Waals surface area contributed by atoms with Crippen LogP contribution < -0.4 is 10.1 Å². The first kappa shape index (κ1) is 17.4. The molecule has 2 aromatic carbocycles. The van der Waals surface area contributed by atoms with Crippen LogP contribution in [0.1, 0.15) is 12.7 Å². The van der Waals surface area contributed by atoms with Gasteiger partial charge in [0.25, 0.3) is 0 Å². The molecule has 0 saturated carbocycles. The van der Waals surface area contributed by atoms with Gasteiger partial charge >= 0.3 is 0 Å². The Labute approximate surface area is 150 Å². The highest BCUT2D eigenvalue weighted by Gasteiger charge is 2.17. The zero-order valence-corrected chi connectivity index (χ0v) is 15.4. The Balaban J connectivity index is 1.78. The minimum absolute atomic E-state index is 0.0253. The van der Waals surface area contributed by atoms with E-state index < -0.39 is 9.84 Å². The lowest BCUT2D eigenvalue weighted by molar-refractivity contribution is 0.467. The molecule has 3 rings (SSSR count). The summed E-state index contributed by atoms with van der Waals surface area (Å²) in [6.07, 6.45) is 0. The van der Waals surface area contributed by atoms with Crippen LogP contribution >= 0.6 is 11.5 Å². The molecule has 25 heavy (non-hydrogen) atoms. The van der Waals surface area contributed by atoms with E-state index in [9.17, 15) is 8.42 Å². The second kappa shape index (κ2) is 7.20. The van der Waals surface area contributed by atoms with E-state index in [-0.39, 0.29) is 10.6 Å². The molecule has 0 aliphatic heterocycles. The average molecular weight is 375 g/mol. The van der Waals surface area contributed by atoms with E-state index in [4.69, 9.17) is 4.74 Å². The fourth-order valence-electron chi connectivity index (χ4n) is 2.15. The van der Waals surface area contributed by atoms with Crippen molar-refractivity contribution >= 4 is 32.2 Å². The third-order valence-corrected chi connectivity index (χ3v) is 5.91. The minimum Gasteiger partial charge on any atom is -0.456 e. The number of para-hydroxylation sites is 1. The molecule has 1 heterocycles. The van der Waals surface area contributed by atoms with E-state index >= 15 is 0 Å². The normalized spacial score (nSPS) is 11.3. The van der Waals surface area contributed by atoms with E-state index in [1.807, 2.05) is 19.1 Å². The highest BCUT2D eigenvalue weighted by molar-refractivity contribution is 7.91. The molecule has 0 atom stereocenters. The van der Waals surface area contributed by atoms with Crippen LogP contribution in [-0.2, 0) is 9.84 Å². The van der Waals surface area contributed by atoms with Gasteiger partial charge in [-0.05, 0) is 43.3 Å². The van der Waals surface area contributed by atoms with Gasteiger partial charge in [-0.1, -0.05) is 19.1 Å². The summed E-state index contributed by atoms with van der Waals surface area (Å²) in [6.45, 7) is 3.45. The van der Waals surface area contributed by atoms with Gasteiger partial charge in [-0.3, -0.25) is 0 Å². The Hall–Kier alpha value is -2.45. The van der Waals surface area contributed by atoms with Gasteiger partial charge in [0.1, 0.15) is 22.2 Å². The lowest BCUT2D eigenvalue weighted by Gasteiger charge is -2.11. The molecule has 8 heteroatoms. The smallest absolute Gasteiger partial charge is 0.207 e. The van der Waals surface area contributed by atoms with Crippen LogP contribution in [0.2, 0.25) is 0 Å². The van der Waals surface area contributed by atoms with Gasteiger partial charge in [-0.2, -0.15) is 4.37 Å². The number of ether oxygens (including phenoxy) is 1. The molecule has 0 spiro atoms. The van der Waals surface area contributed by atoms with Crippen LogP contribution in [0.4, 0.5) is 10.8 Å². The largest absolute Gasteiger partial charge is 0.456 e. The van der Waals surface area contributed by atoms with Gasteiger partial charge in [0.05, 0.1) is 5.75 Å². The van der Waals surface area contributed by atoms with Crippen molar-refractivity contribution in [3.05, 3.63) is 54.4 Å². The summed E-state index contributed by atoms with van der Waals surface area (Å²) in [5, 5.41) is 3.87. The van der Waals surface area contributed by atoms with E-state index in [1.54, 1.807) is 43.3 Å². The molecular weight excluding hydrogens is 358 g/mol. The second-order valence-corrected chi connectivity index (χ2v) is 8.25. The molecule has 0 aliphatic rings. The number of aryl methyl sites for hydroxylation is 1. The molecule has 0 bridgehead atoms. The fraction of sp³-hybridized carbons (Fsp3) is 0.176. The monoisotopic (exact) mass is 375 g/mol. The van der Waals surface area contributed by atoms with Gasteiger partial charge < -0.3 is 10.1 Å². The zero-order valence-electron chi connectivity index (χ0n) is 13.8. The van der Waals surface area contributed by atoms with Gasteiger partial charge in [0, 0.05) is 17.2 Å². The highest BCUT2D eigenvalue weighted by atomic mass is 32.2. The maximum Gasteiger partial charge on any atom is 0.207 e. The number of nitrogens with zero attached hydrogens (tertiary/aromatic N) is 2. The highest BCUT2D eigenvalue weighted by Crippen LogP contribution is 2.30. The number of rotatable bonds is 6. The van der Waals surface area contributed by atoms with Crippen molar-refractivity contribution < 1.29 is 13.2 Å². The number of anilines is 2. The van der Waals surface area contributed by atoms with Crippen LogP contribution in [0.3, 0.4) is 0 Å². The number of hydrogen-bond acceptors (Lipinski definition) is 7. The molecule has 0 saturated heterocycles. The summed E-state index contributed by atoms with van der Waals surface area (Å²) >= 11 is 1.29. The van der Waals surface area contributed by atoms with E-state index in [2.05, 4.69) is 14.7 Å². The Bertz CT molecular complexity index is 967. The summed E-state index contributed by atoms with van der Waals surface area (Å²) in [7, 11) is -3.35. The first-order chi connectivity index (χ1) is 12.0. The van der Waals surface area contributed by atoms with Gasteiger partial charge in [0.2, 0.25) is 5.13 Å². The third-order valence-electron chi connectivity index (χ3n) is 3.43. The van der Waals surface area contributed by atoms with E-state index in [0.29, 0.717) is 16.6 Å². The number of nitrogens with one attached hydrogen (secondary N) is 1. The number of sulfone groups is 1. The van der Waals surface area contributed by atoms with Crippen molar-refractivity contribution in [1.82, 2.24) is 9.36 Å². The van der Waals surface area contributed by atoms with Crippen molar-refractivity contribution in [2.45, 2.75) is 18.7 Å². The molecule has 0 aliphatic carbocycles. The Morgan fingerprint density at radius 1 is 1.12 bits per heavy atom. The topological polar surface area (TPSA) is 81.2 Å². The molecule has 0 fully saturated rings. The molecule has 6 nitrogen and oxygen atoms in total. The summed E-state index contributed by atoms with van der Waals surface area (Å²) in [4.78, 5) is 4.44. The second-order valence-electron chi connectivity index (χ2n) is 5.25. The Morgan fingerprint density at radius 3 is 2.48 bits per heavy atom. The van der Waals surface area contributed by atoms with Crippen molar-refractivity contribution in [3.8, 4) is 11.5 Å². The zero-order chi connectivity index (χ0) is 17.9. The van der Waals surface area contributed by atoms with Crippen molar-refractivity contribution in [2.75, 3.05) is 11.1 Å². The van der Waals surface area contributed by atoms with Crippen LogP contribution in [0.15, 0.2) is 53.4 Å². The molecule has 0 amide bonds. The van der Waals surface area contributed by atoms with Crippen molar-refractivity contribution in [3.63, 3.8) is 0 Å². The molecule has 1 aromatic heterocycles. The summed E-state index contributed by atoms with van der Waals surface area (Å²) in [5.41, 5.74) is 0.845. The van der Waals surface area contributed by atoms with Crippen molar-refractivity contribution in [2.24, 2.45) is 0 Å². The SMILES string of the molecule is CCS(=O)(=O)c1ccccc1Oc1ccc(Nc2nc(C)ns2)cc1. The summed E-state index contributed by atoms with van der Waals surface area (Å²) < 4.78 is 34.2. The number of benzene rings is 2. The van der Waals surface area contributed by atoms with Crippen LogP contribution in [0.5, 0.6) is 11.5 Å².